The van der Waals surface area contributed by atoms with Crippen molar-refractivity contribution in [2.45, 2.75) is 13.3 Å². The number of H-pyrrole nitrogens is 2. The Bertz CT molecular complexity index is 1390. The molecule has 2 N–H and O–H groups in total. The highest BCUT2D eigenvalue weighted by Gasteiger charge is 2.17. The van der Waals surface area contributed by atoms with Crippen molar-refractivity contribution in [1.82, 2.24) is 25.1 Å². The Kier molecular flexibility index (Phi) is 4.48. The summed E-state index contributed by atoms with van der Waals surface area (Å²) in [6, 6.07) is 10.2. The molecule has 4 aromatic rings. The summed E-state index contributed by atoms with van der Waals surface area (Å²) in [4.78, 5) is 13.2. The van der Waals surface area contributed by atoms with Gasteiger partial charge in [0, 0.05) is 5.56 Å². The zero-order chi connectivity index (χ0) is 20.5. The van der Waals surface area contributed by atoms with Crippen LogP contribution in [0, 0.1) is 0 Å². The van der Waals surface area contributed by atoms with Crippen LogP contribution in [0.15, 0.2) is 79.4 Å². The van der Waals surface area contributed by atoms with Crippen molar-refractivity contribution in [2.75, 3.05) is 0 Å². The summed E-state index contributed by atoms with van der Waals surface area (Å²) in [6.07, 6.45) is 15.2. The van der Waals surface area contributed by atoms with Gasteiger partial charge in [-0.1, -0.05) is 61.2 Å². The van der Waals surface area contributed by atoms with Crippen molar-refractivity contribution in [3.05, 3.63) is 90.7 Å². The lowest BCUT2D eigenvalue weighted by molar-refractivity contribution is 1.10. The SMILES string of the molecule is C=C/C=C\C(=C/C)c1ccc2[nH]nc(-c3nc4c(C5=CCC=C5)cccc4[nH]3)c2n1. The highest BCUT2D eigenvalue weighted by molar-refractivity contribution is 5.96. The quantitative estimate of drug-likeness (QED) is 0.411. The summed E-state index contributed by atoms with van der Waals surface area (Å²) in [5.41, 5.74) is 8.55. The first-order valence-electron chi connectivity index (χ1n) is 9.95. The molecule has 5 rings (SSSR count). The van der Waals surface area contributed by atoms with E-state index in [0.29, 0.717) is 11.5 Å². The lowest BCUT2D eigenvalue weighted by atomic mass is 10.1. The highest BCUT2D eigenvalue weighted by atomic mass is 15.1. The van der Waals surface area contributed by atoms with Gasteiger partial charge in [-0.2, -0.15) is 5.10 Å². The third-order valence-electron chi connectivity index (χ3n) is 5.25. The second-order valence-corrected chi connectivity index (χ2v) is 7.09. The van der Waals surface area contributed by atoms with Crippen LogP contribution in [0.1, 0.15) is 24.6 Å². The number of benzene rings is 1. The average Bonchev–Trinajstić information content (AvgIpc) is 3.52. The fourth-order valence-corrected chi connectivity index (χ4v) is 3.76. The molecule has 146 valence electrons. The minimum Gasteiger partial charge on any atom is -0.336 e. The number of allylic oxidation sites excluding steroid dienone is 9. The fourth-order valence-electron chi connectivity index (χ4n) is 3.76. The van der Waals surface area contributed by atoms with E-state index in [4.69, 9.17) is 9.97 Å². The molecule has 0 saturated heterocycles. The van der Waals surface area contributed by atoms with Crippen LogP contribution in [-0.2, 0) is 0 Å². The predicted octanol–water partition coefficient (Wildman–Crippen LogP) is 5.99. The van der Waals surface area contributed by atoms with Gasteiger partial charge in [0.25, 0.3) is 0 Å². The van der Waals surface area contributed by atoms with Gasteiger partial charge in [-0.3, -0.25) is 5.10 Å². The van der Waals surface area contributed by atoms with E-state index in [1.54, 1.807) is 6.08 Å². The number of nitrogens with one attached hydrogen (secondary N) is 2. The van der Waals surface area contributed by atoms with Crippen LogP contribution in [0.2, 0.25) is 0 Å². The molecule has 5 heteroatoms. The summed E-state index contributed by atoms with van der Waals surface area (Å²) in [6.45, 7) is 5.74. The molecule has 0 spiro atoms. The van der Waals surface area contributed by atoms with Crippen molar-refractivity contribution in [3.63, 3.8) is 0 Å². The third kappa shape index (κ3) is 3.01. The molecule has 1 aliphatic carbocycles. The molecule has 0 saturated carbocycles. The van der Waals surface area contributed by atoms with E-state index in [0.717, 1.165) is 45.3 Å². The molecule has 3 aromatic heterocycles. The maximum Gasteiger partial charge on any atom is 0.161 e. The van der Waals surface area contributed by atoms with Crippen molar-refractivity contribution in [1.29, 1.82) is 0 Å². The first-order chi connectivity index (χ1) is 14.8. The van der Waals surface area contributed by atoms with Crippen LogP contribution in [0.4, 0.5) is 0 Å². The zero-order valence-corrected chi connectivity index (χ0v) is 16.7. The summed E-state index contributed by atoms with van der Waals surface area (Å²) >= 11 is 0. The van der Waals surface area contributed by atoms with Gasteiger partial charge in [0.05, 0.1) is 22.2 Å². The molecule has 0 aliphatic heterocycles. The summed E-state index contributed by atoms with van der Waals surface area (Å²) in [5, 5.41) is 7.59. The van der Waals surface area contributed by atoms with Crippen LogP contribution in [0.25, 0.3) is 44.7 Å². The molecule has 30 heavy (non-hydrogen) atoms. The molecule has 0 bridgehead atoms. The van der Waals surface area contributed by atoms with Crippen molar-refractivity contribution in [3.8, 4) is 11.5 Å². The number of imidazole rings is 1. The van der Waals surface area contributed by atoms with E-state index in [-0.39, 0.29) is 0 Å². The average molecular weight is 391 g/mol. The number of para-hydroxylation sites is 1. The second-order valence-electron chi connectivity index (χ2n) is 7.09. The zero-order valence-electron chi connectivity index (χ0n) is 16.7. The van der Waals surface area contributed by atoms with E-state index in [1.165, 1.54) is 5.57 Å². The van der Waals surface area contributed by atoms with Gasteiger partial charge in [-0.05, 0) is 42.7 Å². The fraction of sp³-hybridized carbons (Fsp3) is 0.0800. The highest BCUT2D eigenvalue weighted by Crippen LogP contribution is 2.31. The Balaban J connectivity index is 1.64. The van der Waals surface area contributed by atoms with Gasteiger partial charge < -0.3 is 4.98 Å². The normalized spacial score (nSPS) is 14.3. The Labute approximate surface area is 174 Å². The molecule has 0 fully saturated rings. The minimum absolute atomic E-state index is 0.708. The number of aromatic amines is 2. The standard InChI is InChI=1S/C25H21N5/c1-3-5-9-16(4-2)19-14-15-21-23(26-19)24(30-29-21)25-27-20-13-8-12-18(22(20)28-25)17-10-6-7-11-17/h3-6,8-15H,1,7H2,2H3,(H,27,28)(H,29,30)/b9-5-,16-4+. The Hall–Kier alpha value is -3.99. The van der Waals surface area contributed by atoms with Crippen molar-refractivity contribution in [2.24, 2.45) is 0 Å². The van der Waals surface area contributed by atoms with E-state index in [1.807, 2.05) is 43.4 Å². The molecular formula is C25H21N5. The Morgan fingerprint density at radius 1 is 1.10 bits per heavy atom. The molecule has 0 amide bonds. The van der Waals surface area contributed by atoms with Crippen LogP contribution >= 0.6 is 0 Å². The van der Waals surface area contributed by atoms with Crippen LogP contribution in [0.3, 0.4) is 0 Å². The van der Waals surface area contributed by atoms with E-state index in [2.05, 4.69) is 52.1 Å². The smallest absolute Gasteiger partial charge is 0.161 e. The van der Waals surface area contributed by atoms with Crippen LogP contribution < -0.4 is 0 Å². The van der Waals surface area contributed by atoms with Gasteiger partial charge in [-0.25, -0.2) is 9.97 Å². The number of pyridine rings is 1. The number of fused-ring (bicyclic) bond motifs is 2. The topological polar surface area (TPSA) is 70.2 Å². The van der Waals surface area contributed by atoms with Crippen molar-refractivity contribution >= 4 is 33.2 Å². The lowest BCUT2D eigenvalue weighted by Crippen LogP contribution is -1.89. The number of hydrogen-bond acceptors (Lipinski definition) is 3. The molecule has 0 radical (unpaired) electrons. The predicted molar refractivity (Wildman–Crippen MR) is 124 cm³/mol. The molecule has 0 atom stereocenters. The maximum absolute atomic E-state index is 4.90. The van der Waals surface area contributed by atoms with E-state index < -0.39 is 0 Å². The molecular weight excluding hydrogens is 370 g/mol. The molecule has 3 heterocycles. The third-order valence-corrected chi connectivity index (χ3v) is 5.25. The molecule has 0 unspecified atom stereocenters. The number of rotatable bonds is 5. The first-order valence-corrected chi connectivity index (χ1v) is 9.95. The number of nitrogens with zero attached hydrogens (tertiary/aromatic N) is 3. The maximum atomic E-state index is 4.90. The summed E-state index contributed by atoms with van der Waals surface area (Å²) in [7, 11) is 0. The van der Waals surface area contributed by atoms with Crippen molar-refractivity contribution < 1.29 is 0 Å². The van der Waals surface area contributed by atoms with E-state index in [9.17, 15) is 0 Å². The van der Waals surface area contributed by atoms with Gasteiger partial charge in [0.15, 0.2) is 11.5 Å². The minimum atomic E-state index is 0.708. The lowest BCUT2D eigenvalue weighted by Gasteiger charge is -2.01. The molecule has 5 nitrogen and oxygen atoms in total. The largest absolute Gasteiger partial charge is 0.336 e. The Morgan fingerprint density at radius 2 is 2.03 bits per heavy atom. The van der Waals surface area contributed by atoms with Gasteiger partial charge >= 0.3 is 0 Å². The summed E-state index contributed by atoms with van der Waals surface area (Å²) in [5.74, 6) is 0.708. The first kappa shape index (κ1) is 18.1. The van der Waals surface area contributed by atoms with Crippen LogP contribution in [-0.4, -0.2) is 25.1 Å². The number of aromatic nitrogens is 5. The Morgan fingerprint density at radius 3 is 2.83 bits per heavy atom. The van der Waals surface area contributed by atoms with Gasteiger partial charge in [-0.15, -0.1) is 0 Å². The van der Waals surface area contributed by atoms with Gasteiger partial charge in [0.2, 0.25) is 0 Å². The second kappa shape index (κ2) is 7.44. The molecule has 1 aromatic carbocycles. The van der Waals surface area contributed by atoms with Gasteiger partial charge in [0.1, 0.15) is 5.52 Å². The summed E-state index contributed by atoms with van der Waals surface area (Å²) < 4.78 is 0. The monoisotopic (exact) mass is 391 g/mol. The van der Waals surface area contributed by atoms with Crippen LogP contribution in [0.5, 0.6) is 0 Å². The molecule has 1 aliphatic rings. The van der Waals surface area contributed by atoms with E-state index >= 15 is 0 Å². The number of hydrogen-bond donors (Lipinski definition) is 2.